The largest absolute Gasteiger partial charge is 0.391 e. The Labute approximate surface area is 98.0 Å². The molecule has 4 nitrogen and oxygen atoms in total. The highest BCUT2D eigenvalue weighted by Gasteiger charge is 2.27. The molecule has 94 valence electrons. The molecule has 16 heavy (non-hydrogen) atoms. The van der Waals surface area contributed by atoms with Crippen LogP contribution in [0.3, 0.4) is 0 Å². The van der Waals surface area contributed by atoms with Crippen LogP contribution >= 0.6 is 0 Å². The maximum Gasteiger partial charge on any atom is 0.237 e. The Morgan fingerprint density at radius 3 is 2.56 bits per heavy atom. The van der Waals surface area contributed by atoms with Crippen LogP contribution in [0, 0.1) is 0 Å². The number of amides is 1. The first-order valence-corrected chi connectivity index (χ1v) is 6.21. The molecule has 1 saturated carbocycles. The quantitative estimate of drug-likeness (QED) is 0.746. The van der Waals surface area contributed by atoms with Crippen LogP contribution in [-0.2, 0) is 4.79 Å². The molecule has 1 fully saturated rings. The van der Waals surface area contributed by atoms with E-state index in [0.29, 0.717) is 0 Å². The fourth-order valence-corrected chi connectivity index (χ4v) is 2.34. The van der Waals surface area contributed by atoms with E-state index in [4.69, 9.17) is 0 Å². The molecule has 2 N–H and O–H groups in total. The first-order valence-electron chi connectivity index (χ1n) is 6.21. The molecule has 0 radical (unpaired) electrons. The van der Waals surface area contributed by atoms with E-state index in [0.717, 1.165) is 32.1 Å². The van der Waals surface area contributed by atoms with Gasteiger partial charge in [-0.3, -0.25) is 9.69 Å². The van der Waals surface area contributed by atoms with Crippen molar-refractivity contribution >= 4 is 5.91 Å². The number of carbonyl (C=O) groups is 1. The van der Waals surface area contributed by atoms with E-state index in [-0.39, 0.29) is 24.1 Å². The fraction of sp³-hybridized carbons (Fsp3) is 0.917. The topological polar surface area (TPSA) is 52.6 Å². The van der Waals surface area contributed by atoms with Gasteiger partial charge < -0.3 is 10.4 Å². The Balaban J connectivity index is 2.48. The third kappa shape index (κ3) is 3.46. The Morgan fingerprint density at radius 2 is 2.06 bits per heavy atom. The molecule has 1 aliphatic rings. The third-order valence-electron chi connectivity index (χ3n) is 3.37. The van der Waals surface area contributed by atoms with Crippen molar-refractivity contribution in [3.05, 3.63) is 0 Å². The van der Waals surface area contributed by atoms with Gasteiger partial charge in [-0.1, -0.05) is 19.8 Å². The van der Waals surface area contributed by atoms with E-state index in [2.05, 4.69) is 5.32 Å². The predicted molar refractivity (Wildman–Crippen MR) is 64.2 cm³/mol. The lowest BCUT2D eigenvalue weighted by atomic mass is 9.92. The summed E-state index contributed by atoms with van der Waals surface area (Å²) in [5.74, 6) is 0.0402. The van der Waals surface area contributed by atoms with Gasteiger partial charge >= 0.3 is 0 Å². The fourth-order valence-electron chi connectivity index (χ4n) is 2.34. The van der Waals surface area contributed by atoms with E-state index in [1.54, 1.807) is 0 Å². The van der Waals surface area contributed by atoms with Gasteiger partial charge in [0.2, 0.25) is 5.91 Å². The van der Waals surface area contributed by atoms with E-state index < -0.39 is 0 Å². The molecule has 0 bridgehead atoms. The third-order valence-corrected chi connectivity index (χ3v) is 3.37. The average Bonchev–Trinajstić information content (AvgIpc) is 2.22. The molecule has 1 aliphatic carbocycles. The van der Waals surface area contributed by atoms with Crippen molar-refractivity contribution in [1.82, 2.24) is 10.2 Å². The maximum atomic E-state index is 12.0. The standard InChI is InChI=1S/C12H24N2O2/c1-4-10(14(2)3)12(16)13-9-7-5-6-8-11(9)15/h9-11,15H,4-8H2,1-3H3,(H,13,16). The van der Waals surface area contributed by atoms with Crippen molar-refractivity contribution < 1.29 is 9.90 Å². The van der Waals surface area contributed by atoms with Gasteiger partial charge in [-0.2, -0.15) is 0 Å². The molecule has 0 aromatic heterocycles. The van der Waals surface area contributed by atoms with E-state index >= 15 is 0 Å². The summed E-state index contributed by atoms with van der Waals surface area (Å²) >= 11 is 0. The lowest BCUT2D eigenvalue weighted by Gasteiger charge is -2.31. The highest BCUT2D eigenvalue weighted by molar-refractivity contribution is 5.81. The SMILES string of the molecule is CCC(C(=O)NC1CCCCC1O)N(C)C. The highest BCUT2D eigenvalue weighted by Crippen LogP contribution is 2.18. The number of nitrogens with one attached hydrogen (secondary N) is 1. The van der Waals surface area contributed by atoms with Gasteiger partial charge in [0.15, 0.2) is 0 Å². The summed E-state index contributed by atoms with van der Waals surface area (Å²) in [6, 6.07) is -0.135. The van der Waals surface area contributed by atoms with Crippen LogP contribution in [0.15, 0.2) is 0 Å². The minimum atomic E-state index is -0.364. The number of hydrogen-bond acceptors (Lipinski definition) is 3. The second-order valence-corrected chi connectivity index (χ2v) is 4.85. The molecule has 4 heteroatoms. The van der Waals surface area contributed by atoms with Gasteiger partial charge in [0.05, 0.1) is 18.2 Å². The predicted octanol–water partition coefficient (Wildman–Crippen LogP) is 0.746. The van der Waals surface area contributed by atoms with Crippen molar-refractivity contribution in [1.29, 1.82) is 0 Å². The summed E-state index contributed by atoms with van der Waals surface area (Å²) in [6.45, 7) is 2.00. The van der Waals surface area contributed by atoms with Crippen LogP contribution in [0.4, 0.5) is 0 Å². The van der Waals surface area contributed by atoms with Crippen LogP contribution < -0.4 is 5.32 Å². The van der Waals surface area contributed by atoms with Crippen molar-refractivity contribution in [2.45, 2.75) is 57.2 Å². The second kappa shape index (κ2) is 6.21. The van der Waals surface area contributed by atoms with Crippen LogP contribution in [0.1, 0.15) is 39.0 Å². The zero-order chi connectivity index (χ0) is 12.1. The zero-order valence-electron chi connectivity index (χ0n) is 10.6. The minimum absolute atomic E-state index is 0.0402. The average molecular weight is 228 g/mol. The Bertz CT molecular complexity index is 231. The van der Waals surface area contributed by atoms with Crippen LogP contribution in [-0.4, -0.2) is 48.2 Å². The molecule has 3 unspecified atom stereocenters. The number of rotatable bonds is 4. The number of likely N-dealkylation sites (N-methyl/N-ethyl adjacent to an activating group) is 1. The van der Waals surface area contributed by atoms with E-state index in [1.807, 2.05) is 25.9 Å². The molecule has 0 spiro atoms. The first-order chi connectivity index (χ1) is 7.56. The molecule has 1 amide bonds. The number of nitrogens with zero attached hydrogens (tertiary/aromatic N) is 1. The lowest BCUT2D eigenvalue weighted by Crippen LogP contribution is -2.51. The number of aliphatic hydroxyl groups is 1. The minimum Gasteiger partial charge on any atom is -0.391 e. The van der Waals surface area contributed by atoms with Gasteiger partial charge in [-0.15, -0.1) is 0 Å². The smallest absolute Gasteiger partial charge is 0.237 e. The Kier molecular flexibility index (Phi) is 5.22. The van der Waals surface area contributed by atoms with Crippen molar-refractivity contribution in [2.75, 3.05) is 14.1 Å². The summed E-state index contributed by atoms with van der Waals surface area (Å²) in [4.78, 5) is 13.9. The molecular formula is C12H24N2O2. The first kappa shape index (κ1) is 13.5. The summed E-state index contributed by atoms with van der Waals surface area (Å²) < 4.78 is 0. The molecule has 0 heterocycles. The summed E-state index contributed by atoms with van der Waals surface area (Å²) in [5.41, 5.74) is 0. The molecule has 0 aromatic carbocycles. The second-order valence-electron chi connectivity index (χ2n) is 4.85. The van der Waals surface area contributed by atoms with Crippen LogP contribution in [0.25, 0.3) is 0 Å². The monoisotopic (exact) mass is 228 g/mol. The number of carbonyl (C=O) groups excluding carboxylic acids is 1. The van der Waals surface area contributed by atoms with Gasteiger partial charge in [-0.05, 0) is 33.4 Å². The molecule has 0 saturated heterocycles. The molecular weight excluding hydrogens is 204 g/mol. The molecule has 0 aromatic rings. The maximum absolute atomic E-state index is 12.0. The van der Waals surface area contributed by atoms with Crippen molar-refractivity contribution in [3.63, 3.8) is 0 Å². The van der Waals surface area contributed by atoms with Crippen molar-refractivity contribution in [2.24, 2.45) is 0 Å². The molecule has 1 rings (SSSR count). The van der Waals surface area contributed by atoms with Gasteiger partial charge in [0.1, 0.15) is 0 Å². The Morgan fingerprint density at radius 1 is 1.44 bits per heavy atom. The number of hydrogen-bond donors (Lipinski definition) is 2. The van der Waals surface area contributed by atoms with Crippen molar-refractivity contribution in [3.8, 4) is 0 Å². The Hall–Kier alpha value is -0.610. The van der Waals surface area contributed by atoms with E-state index in [1.165, 1.54) is 0 Å². The number of aliphatic hydroxyl groups excluding tert-OH is 1. The summed E-state index contributed by atoms with van der Waals surface area (Å²) in [7, 11) is 3.82. The normalized spacial score (nSPS) is 27.8. The van der Waals surface area contributed by atoms with Crippen LogP contribution in [0.5, 0.6) is 0 Å². The summed E-state index contributed by atoms with van der Waals surface area (Å²) in [5, 5.41) is 12.8. The lowest BCUT2D eigenvalue weighted by molar-refractivity contribution is -0.127. The summed E-state index contributed by atoms with van der Waals surface area (Å²) in [6.07, 6.45) is 4.30. The molecule has 0 aliphatic heterocycles. The van der Waals surface area contributed by atoms with Gasteiger partial charge in [-0.25, -0.2) is 0 Å². The zero-order valence-corrected chi connectivity index (χ0v) is 10.6. The highest BCUT2D eigenvalue weighted by atomic mass is 16.3. The van der Waals surface area contributed by atoms with Gasteiger partial charge in [0.25, 0.3) is 0 Å². The van der Waals surface area contributed by atoms with E-state index in [9.17, 15) is 9.90 Å². The van der Waals surface area contributed by atoms with Gasteiger partial charge in [0, 0.05) is 0 Å². The molecule has 3 atom stereocenters. The van der Waals surface area contributed by atoms with Crippen LogP contribution in [0.2, 0.25) is 0 Å².